The molecule has 130 valence electrons. The molecule has 1 aliphatic heterocycles. The van der Waals surface area contributed by atoms with Crippen LogP contribution in [0.1, 0.15) is 51.1 Å². The molecular weight excluding hydrogens is 312 g/mol. The molecule has 2 atom stereocenters. The van der Waals surface area contributed by atoms with Gasteiger partial charge in [-0.05, 0) is 50.8 Å². The molecule has 1 heterocycles. The van der Waals surface area contributed by atoms with Crippen molar-refractivity contribution in [3.63, 3.8) is 0 Å². The third-order valence-corrected chi connectivity index (χ3v) is 6.34. The Balaban J connectivity index is 2.06. The Hall–Kier alpha value is -0.950. The molecule has 1 fully saturated rings. The molecule has 1 saturated heterocycles. The van der Waals surface area contributed by atoms with E-state index in [1.54, 1.807) is 16.4 Å². The van der Waals surface area contributed by atoms with E-state index in [4.69, 9.17) is 5.11 Å². The first kappa shape index (κ1) is 18.4. The minimum absolute atomic E-state index is 0.114. The zero-order chi connectivity index (χ0) is 16.9. The van der Waals surface area contributed by atoms with Gasteiger partial charge in [0.25, 0.3) is 0 Å². The second kappa shape index (κ2) is 8.24. The van der Waals surface area contributed by atoms with Crippen molar-refractivity contribution < 1.29 is 13.5 Å². The standard InChI is InChI=1S/C17H28N2O3S/c1-14(10-13-20)18-15(2)16-6-8-17(9-7-16)23(21,22)19-11-4-3-5-12-19/h6-9,14-15,18,20H,3-5,10-13H2,1-2H3/t14-,15?/m1/s1. The summed E-state index contributed by atoms with van der Waals surface area (Å²) in [5.41, 5.74) is 1.05. The van der Waals surface area contributed by atoms with Gasteiger partial charge in [0.1, 0.15) is 0 Å². The van der Waals surface area contributed by atoms with Gasteiger partial charge in [-0.1, -0.05) is 18.6 Å². The molecule has 2 rings (SSSR count). The Morgan fingerprint density at radius 1 is 1.13 bits per heavy atom. The van der Waals surface area contributed by atoms with Crippen LogP contribution in [0.5, 0.6) is 0 Å². The molecule has 5 nitrogen and oxygen atoms in total. The largest absolute Gasteiger partial charge is 0.396 e. The number of sulfonamides is 1. The third kappa shape index (κ3) is 4.76. The van der Waals surface area contributed by atoms with E-state index in [9.17, 15) is 8.42 Å². The van der Waals surface area contributed by atoms with Crippen LogP contribution in [0.4, 0.5) is 0 Å². The minimum Gasteiger partial charge on any atom is -0.396 e. The summed E-state index contributed by atoms with van der Waals surface area (Å²) in [4.78, 5) is 0.374. The number of benzene rings is 1. The molecule has 0 saturated carbocycles. The van der Waals surface area contributed by atoms with E-state index in [-0.39, 0.29) is 18.7 Å². The van der Waals surface area contributed by atoms with E-state index in [0.29, 0.717) is 24.4 Å². The van der Waals surface area contributed by atoms with Crippen molar-refractivity contribution in [3.05, 3.63) is 29.8 Å². The number of hydrogen-bond acceptors (Lipinski definition) is 4. The molecule has 0 amide bonds. The average Bonchev–Trinajstić information content (AvgIpc) is 2.56. The summed E-state index contributed by atoms with van der Waals surface area (Å²) in [6.07, 6.45) is 3.70. The zero-order valence-corrected chi connectivity index (χ0v) is 14.8. The van der Waals surface area contributed by atoms with Crippen LogP contribution in [-0.2, 0) is 10.0 Å². The van der Waals surface area contributed by atoms with Gasteiger partial charge in [0.15, 0.2) is 0 Å². The molecule has 1 aromatic rings. The van der Waals surface area contributed by atoms with Crippen LogP contribution >= 0.6 is 0 Å². The lowest BCUT2D eigenvalue weighted by Gasteiger charge is -2.26. The van der Waals surface area contributed by atoms with Gasteiger partial charge in [0, 0.05) is 31.8 Å². The number of piperidine rings is 1. The van der Waals surface area contributed by atoms with Gasteiger partial charge < -0.3 is 10.4 Å². The summed E-state index contributed by atoms with van der Waals surface area (Å²) in [5.74, 6) is 0. The highest BCUT2D eigenvalue weighted by atomic mass is 32.2. The van der Waals surface area contributed by atoms with Crippen molar-refractivity contribution in [2.24, 2.45) is 0 Å². The van der Waals surface area contributed by atoms with Crippen molar-refractivity contribution in [2.45, 2.75) is 56.5 Å². The first-order valence-corrected chi connectivity index (χ1v) is 9.86. The number of aliphatic hydroxyl groups is 1. The van der Waals surface area contributed by atoms with Crippen molar-refractivity contribution in [3.8, 4) is 0 Å². The summed E-state index contributed by atoms with van der Waals surface area (Å²) >= 11 is 0. The Kier molecular flexibility index (Phi) is 6.59. The highest BCUT2D eigenvalue weighted by Crippen LogP contribution is 2.22. The van der Waals surface area contributed by atoms with Gasteiger partial charge in [-0.15, -0.1) is 0 Å². The number of nitrogens with one attached hydrogen (secondary N) is 1. The van der Waals surface area contributed by atoms with Crippen molar-refractivity contribution >= 4 is 10.0 Å². The van der Waals surface area contributed by atoms with Crippen LogP contribution in [0.15, 0.2) is 29.2 Å². The van der Waals surface area contributed by atoms with Gasteiger partial charge in [0.05, 0.1) is 4.90 Å². The highest BCUT2D eigenvalue weighted by Gasteiger charge is 2.25. The van der Waals surface area contributed by atoms with E-state index >= 15 is 0 Å². The molecular formula is C17H28N2O3S. The maximum absolute atomic E-state index is 12.6. The molecule has 1 unspecified atom stereocenters. The lowest BCUT2D eigenvalue weighted by atomic mass is 10.1. The zero-order valence-electron chi connectivity index (χ0n) is 14.0. The van der Waals surface area contributed by atoms with Gasteiger partial charge in [-0.2, -0.15) is 4.31 Å². The lowest BCUT2D eigenvalue weighted by Crippen LogP contribution is -2.35. The topological polar surface area (TPSA) is 69.6 Å². The Morgan fingerprint density at radius 2 is 1.74 bits per heavy atom. The molecule has 6 heteroatoms. The molecule has 0 spiro atoms. The smallest absolute Gasteiger partial charge is 0.243 e. The average molecular weight is 340 g/mol. The fraction of sp³-hybridized carbons (Fsp3) is 0.647. The van der Waals surface area contributed by atoms with Gasteiger partial charge in [-0.3, -0.25) is 0 Å². The van der Waals surface area contributed by atoms with Crippen molar-refractivity contribution in [2.75, 3.05) is 19.7 Å². The Bertz CT molecular complexity index is 580. The van der Waals surface area contributed by atoms with Gasteiger partial charge in [0.2, 0.25) is 10.0 Å². The van der Waals surface area contributed by atoms with Crippen LogP contribution in [0, 0.1) is 0 Å². The summed E-state index contributed by atoms with van der Waals surface area (Å²) < 4.78 is 26.8. The molecule has 1 aliphatic rings. The second-order valence-electron chi connectivity index (χ2n) is 6.34. The summed E-state index contributed by atoms with van der Waals surface area (Å²) in [6.45, 7) is 5.49. The number of aliphatic hydroxyl groups excluding tert-OH is 1. The van der Waals surface area contributed by atoms with E-state index < -0.39 is 10.0 Å². The molecule has 0 radical (unpaired) electrons. The first-order valence-electron chi connectivity index (χ1n) is 8.42. The Labute approximate surface area is 139 Å². The van der Waals surface area contributed by atoms with Gasteiger partial charge in [-0.25, -0.2) is 8.42 Å². The van der Waals surface area contributed by atoms with E-state index in [2.05, 4.69) is 5.32 Å². The normalized spacial score (nSPS) is 19.4. The first-order chi connectivity index (χ1) is 10.9. The molecule has 23 heavy (non-hydrogen) atoms. The SMILES string of the molecule is CC(N[C@H](C)CCO)c1ccc(S(=O)(=O)N2CCCCC2)cc1. The van der Waals surface area contributed by atoms with Crippen LogP contribution < -0.4 is 5.32 Å². The lowest BCUT2D eigenvalue weighted by molar-refractivity contribution is 0.264. The van der Waals surface area contributed by atoms with E-state index in [1.165, 1.54) is 0 Å². The van der Waals surface area contributed by atoms with Crippen LogP contribution in [0.2, 0.25) is 0 Å². The summed E-state index contributed by atoms with van der Waals surface area (Å²) in [7, 11) is -3.36. The molecule has 0 aliphatic carbocycles. The van der Waals surface area contributed by atoms with Crippen LogP contribution in [-0.4, -0.2) is 43.6 Å². The number of rotatable bonds is 7. The monoisotopic (exact) mass is 340 g/mol. The fourth-order valence-electron chi connectivity index (χ4n) is 2.98. The van der Waals surface area contributed by atoms with Crippen molar-refractivity contribution in [1.82, 2.24) is 9.62 Å². The van der Waals surface area contributed by atoms with Crippen LogP contribution in [0.3, 0.4) is 0 Å². The minimum atomic E-state index is -3.36. The number of hydrogen-bond donors (Lipinski definition) is 2. The summed E-state index contributed by atoms with van der Waals surface area (Å²) in [6, 6.07) is 7.48. The van der Waals surface area contributed by atoms with E-state index in [1.807, 2.05) is 26.0 Å². The second-order valence-corrected chi connectivity index (χ2v) is 8.27. The maximum Gasteiger partial charge on any atom is 0.243 e. The predicted molar refractivity (Wildman–Crippen MR) is 91.8 cm³/mol. The van der Waals surface area contributed by atoms with Gasteiger partial charge >= 0.3 is 0 Å². The van der Waals surface area contributed by atoms with Crippen LogP contribution in [0.25, 0.3) is 0 Å². The van der Waals surface area contributed by atoms with E-state index in [0.717, 1.165) is 24.8 Å². The molecule has 0 aromatic heterocycles. The number of nitrogens with zero attached hydrogens (tertiary/aromatic N) is 1. The predicted octanol–water partition coefficient (Wildman–Crippen LogP) is 2.28. The molecule has 0 bridgehead atoms. The third-order valence-electron chi connectivity index (χ3n) is 4.43. The molecule has 1 aromatic carbocycles. The van der Waals surface area contributed by atoms with Crippen molar-refractivity contribution in [1.29, 1.82) is 0 Å². The fourth-order valence-corrected chi connectivity index (χ4v) is 4.50. The quantitative estimate of drug-likeness (QED) is 0.799. The molecule has 2 N–H and O–H groups in total. The Morgan fingerprint density at radius 3 is 2.30 bits per heavy atom. The highest BCUT2D eigenvalue weighted by molar-refractivity contribution is 7.89. The maximum atomic E-state index is 12.6. The summed E-state index contributed by atoms with van der Waals surface area (Å²) in [5, 5.41) is 12.4.